The van der Waals surface area contributed by atoms with Crippen LogP contribution in [0.4, 0.5) is 0 Å². The first-order valence-corrected chi connectivity index (χ1v) is 7.99. The first-order chi connectivity index (χ1) is 9.83. The average molecular weight is 292 g/mol. The van der Waals surface area contributed by atoms with Crippen molar-refractivity contribution >= 4 is 17.4 Å². The number of ether oxygens (including phenoxy) is 1. The highest BCUT2D eigenvalue weighted by molar-refractivity contribution is 7.99. The van der Waals surface area contributed by atoms with Crippen molar-refractivity contribution in [2.45, 2.75) is 36.3 Å². The van der Waals surface area contributed by atoms with Crippen molar-refractivity contribution in [3.05, 3.63) is 24.4 Å². The van der Waals surface area contributed by atoms with E-state index in [0.29, 0.717) is 11.4 Å². The molecule has 3 rings (SSSR count). The molecule has 0 bridgehead atoms. The summed E-state index contributed by atoms with van der Waals surface area (Å²) in [4.78, 5) is 0. The fourth-order valence-corrected chi connectivity index (χ4v) is 3.29. The molecule has 0 amide bonds. The minimum atomic E-state index is 0.404. The SMILES string of the molecule is CC(CNCC1CCCO1)Sc1nnc2ccccn12. The number of pyridine rings is 1. The summed E-state index contributed by atoms with van der Waals surface area (Å²) in [5.41, 5.74) is 0.898. The summed E-state index contributed by atoms with van der Waals surface area (Å²) in [5.74, 6) is 0. The first-order valence-electron chi connectivity index (χ1n) is 7.11. The Hall–Kier alpha value is -1.11. The van der Waals surface area contributed by atoms with Gasteiger partial charge in [0.25, 0.3) is 0 Å². The van der Waals surface area contributed by atoms with E-state index in [1.807, 2.05) is 28.8 Å². The molecule has 6 heteroatoms. The topological polar surface area (TPSA) is 51.5 Å². The lowest BCUT2D eigenvalue weighted by Gasteiger charge is -2.14. The van der Waals surface area contributed by atoms with Gasteiger partial charge in [-0.15, -0.1) is 10.2 Å². The number of aromatic nitrogens is 3. The van der Waals surface area contributed by atoms with Crippen molar-refractivity contribution < 1.29 is 4.74 Å². The molecule has 1 saturated heterocycles. The smallest absolute Gasteiger partial charge is 0.195 e. The monoisotopic (exact) mass is 292 g/mol. The van der Waals surface area contributed by atoms with Gasteiger partial charge in [-0.25, -0.2) is 0 Å². The Morgan fingerprint density at radius 2 is 2.45 bits per heavy atom. The molecule has 1 aliphatic rings. The highest BCUT2D eigenvalue weighted by atomic mass is 32.2. The molecule has 1 aliphatic heterocycles. The van der Waals surface area contributed by atoms with Crippen LogP contribution >= 0.6 is 11.8 Å². The van der Waals surface area contributed by atoms with Gasteiger partial charge in [0.1, 0.15) is 0 Å². The Labute approximate surface area is 123 Å². The van der Waals surface area contributed by atoms with Crippen molar-refractivity contribution in [3.63, 3.8) is 0 Å². The van der Waals surface area contributed by atoms with Crippen molar-refractivity contribution in [2.75, 3.05) is 19.7 Å². The molecule has 1 fully saturated rings. The van der Waals surface area contributed by atoms with E-state index in [0.717, 1.165) is 30.5 Å². The first kappa shape index (κ1) is 13.9. The van der Waals surface area contributed by atoms with Gasteiger partial charge < -0.3 is 10.1 Å². The molecular weight excluding hydrogens is 272 g/mol. The summed E-state index contributed by atoms with van der Waals surface area (Å²) >= 11 is 1.75. The predicted octanol–water partition coefficient (Wildman–Crippen LogP) is 1.98. The lowest BCUT2D eigenvalue weighted by atomic mass is 10.2. The van der Waals surface area contributed by atoms with Gasteiger partial charge in [0, 0.05) is 31.1 Å². The molecule has 2 aromatic heterocycles. The maximum Gasteiger partial charge on any atom is 0.195 e. The highest BCUT2D eigenvalue weighted by Crippen LogP contribution is 2.21. The van der Waals surface area contributed by atoms with Crippen molar-refractivity contribution in [1.82, 2.24) is 19.9 Å². The van der Waals surface area contributed by atoms with Gasteiger partial charge in [0.2, 0.25) is 0 Å². The maximum atomic E-state index is 5.60. The van der Waals surface area contributed by atoms with Gasteiger partial charge >= 0.3 is 0 Å². The van der Waals surface area contributed by atoms with E-state index in [4.69, 9.17) is 4.74 Å². The second kappa shape index (κ2) is 6.56. The van der Waals surface area contributed by atoms with E-state index in [-0.39, 0.29) is 0 Å². The normalized spacial score (nSPS) is 20.6. The van der Waals surface area contributed by atoms with Crippen LogP contribution in [0.1, 0.15) is 19.8 Å². The summed E-state index contributed by atoms with van der Waals surface area (Å²) < 4.78 is 7.63. The summed E-state index contributed by atoms with van der Waals surface area (Å²) in [6, 6.07) is 5.95. The van der Waals surface area contributed by atoms with Gasteiger partial charge in [-0.05, 0) is 25.0 Å². The number of rotatable bonds is 6. The van der Waals surface area contributed by atoms with Gasteiger partial charge in [-0.2, -0.15) is 0 Å². The molecule has 2 aromatic rings. The van der Waals surface area contributed by atoms with Crippen LogP contribution in [0.25, 0.3) is 5.65 Å². The van der Waals surface area contributed by atoms with Crippen molar-refractivity contribution in [2.24, 2.45) is 0 Å². The fourth-order valence-electron chi connectivity index (χ4n) is 2.37. The second-order valence-corrected chi connectivity index (χ2v) is 6.54. The molecule has 3 heterocycles. The van der Waals surface area contributed by atoms with Crippen molar-refractivity contribution in [1.29, 1.82) is 0 Å². The van der Waals surface area contributed by atoms with Crippen molar-refractivity contribution in [3.8, 4) is 0 Å². The van der Waals surface area contributed by atoms with E-state index in [2.05, 4.69) is 22.4 Å². The molecule has 2 unspecified atom stereocenters. The number of nitrogens with zero attached hydrogens (tertiary/aromatic N) is 3. The van der Waals surface area contributed by atoms with Gasteiger partial charge in [-0.3, -0.25) is 4.40 Å². The average Bonchev–Trinajstić information content (AvgIpc) is 3.09. The molecule has 0 aromatic carbocycles. The van der Waals surface area contributed by atoms with E-state index in [9.17, 15) is 0 Å². The van der Waals surface area contributed by atoms with Crippen LogP contribution in [-0.2, 0) is 4.74 Å². The largest absolute Gasteiger partial charge is 0.377 e. The van der Waals surface area contributed by atoms with Crippen LogP contribution in [-0.4, -0.2) is 45.6 Å². The van der Waals surface area contributed by atoms with Gasteiger partial charge in [-0.1, -0.05) is 24.8 Å². The summed E-state index contributed by atoms with van der Waals surface area (Å²) in [6.07, 6.45) is 4.79. The summed E-state index contributed by atoms with van der Waals surface area (Å²) in [7, 11) is 0. The number of thioether (sulfide) groups is 1. The minimum absolute atomic E-state index is 0.404. The number of hydrogen-bond acceptors (Lipinski definition) is 5. The Morgan fingerprint density at radius 1 is 1.50 bits per heavy atom. The third-order valence-corrected chi connectivity index (χ3v) is 4.48. The van der Waals surface area contributed by atoms with E-state index < -0.39 is 0 Å². The zero-order valence-corrected chi connectivity index (χ0v) is 12.5. The molecular formula is C14H20N4OS. The Morgan fingerprint density at radius 3 is 3.30 bits per heavy atom. The highest BCUT2D eigenvalue weighted by Gasteiger charge is 2.16. The Bertz CT molecular complexity index is 553. The zero-order chi connectivity index (χ0) is 13.8. The number of fused-ring (bicyclic) bond motifs is 1. The third kappa shape index (κ3) is 3.31. The molecule has 1 N–H and O–H groups in total. The van der Waals surface area contributed by atoms with Gasteiger partial charge in [0.05, 0.1) is 6.10 Å². The minimum Gasteiger partial charge on any atom is -0.377 e. The zero-order valence-electron chi connectivity index (χ0n) is 11.7. The Kier molecular flexibility index (Phi) is 4.54. The van der Waals surface area contributed by atoms with Crippen LogP contribution in [0.3, 0.4) is 0 Å². The van der Waals surface area contributed by atoms with E-state index in [1.165, 1.54) is 12.8 Å². The maximum absolute atomic E-state index is 5.60. The van der Waals surface area contributed by atoms with Crippen LogP contribution in [0.15, 0.2) is 29.6 Å². The van der Waals surface area contributed by atoms with Crippen LogP contribution < -0.4 is 5.32 Å². The molecule has 2 atom stereocenters. The molecule has 20 heavy (non-hydrogen) atoms. The third-order valence-electron chi connectivity index (χ3n) is 3.42. The van der Waals surface area contributed by atoms with Crippen LogP contribution in [0, 0.1) is 0 Å². The van der Waals surface area contributed by atoms with E-state index in [1.54, 1.807) is 11.8 Å². The molecule has 0 radical (unpaired) electrons. The summed E-state index contributed by atoms with van der Waals surface area (Å²) in [6.45, 7) is 5.03. The van der Waals surface area contributed by atoms with Crippen LogP contribution in [0.2, 0.25) is 0 Å². The number of hydrogen-bond donors (Lipinski definition) is 1. The standard InChI is InChI=1S/C14H20N4OS/c1-11(9-15-10-12-5-4-8-19-12)20-14-17-16-13-6-2-3-7-18(13)14/h2-3,6-7,11-12,15H,4-5,8-10H2,1H3. The number of nitrogens with one attached hydrogen (secondary N) is 1. The van der Waals surface area contributed by atoms with Crippen LogP contribution in [0.5, 0.6) is 0 Å². The van der Waals surface area contributed by atoms with Gasteiger partial charge in [0.15, 0.2) is 10.8 Å². The summed E-state index contributed by atoms with van der Waals surface area (Å²) in [5, 5.41) is 13.3. The lowest BCUT2D eigenvalue weighted by Crippen LogP contribution is -2.30. The molecule has 5 nitrogen and oxygen atoms in total. The molecule has 0 spiro atoms. The molecule has 0 aliphatic carbocycles. The Balaban J connectivity index is 1.49. The quantitative estimate of drug-likeness (QED) is 0.825. The second-order valence-electron chi connectivity index (χ2n) is 5.13. The van der Waals surface area contributed by atoms with E-state index >= 15 is 0 Å². The predicted molar refractivity (Wildman–Crippen MR) is 80.1 cm³/mol. The molecule has 108 valence electrons. The molecule has 0 saturated carbocycles. The lowest BCUT2D eigenvalue weighted by molar-refractivity contribution is 0.110. The fraction of sp³-hybridized carbons (Fsp3) is 0.571.